The maximum atomic E-state index is 12.0. The van der Waals surface area contributed by atoms with E-state index in [9.17, 15) is 9.59 Å². The minimum atomic E-state index is -0.713. The normalized spacial score (nSPS) is 35.9. The molecule has 1 unspecified atom stereocenters. The number of carbonyl (C=O) groups is 2. The van der Waals surface area contributed by atoms with Crippen molar-refractivity contribution < 1.29 is 9.59 Å². The lowest BCUT2D eigenvalue weighted by molar-refractivity contribution is -0.130. The summed E-state index contributed by atoms with van der Waals surface area (Å²) in [5.74, 6) is -0.113. The number of urea groups is 1. The standard InChI is InChI=1S/C11H19N3O2/c1-11(7-8-5-4-6-13(8)2)9(15)14(3)10(16)12-11/h8H,4-7H2,1-3H3,(H,12,16)/t8-,11?/m0/s1. The molecule has 1 N–H and O–H groups in total. The third kappa shape index (κ3) is 1.69. The number of nitrogens with one attached hydrogen (secondary N) is 1. The van der Waals surface area contributed by atoms with Gasteiger partial charge < -0.3 is 10.2 Å². The molecule has 0 aromatic carbocycles. The molecule has 2 fully saturated rings. The van der Waals surface area contributed by atoms with Crippen molar-refractivity contribution in [1.82, 2.24) is 15.1 Å². The summed E-state index contributed by atoms with van der Waals surface area (Å²) in [5.41, 5.74) is -0.713. The summed E-state index contributed by atoms with van der Waals surface area (Å²) in [5, 5.41) is 2.79. The Balaban J connectivity index is 2.09. The van der Waals surface area contributed by atoms with Gasteiger partial charge in [0.2, 0.25) is 0 Å². The van der Waals surface area contributed by atoms with Crippen LogP contribution in [0.5, 0.6) is 0 Å². The predicted molar refractivity (Wildman–Crippen MR) is 60.0 cm³/mol. The molecule has 2 aliphatic heterocycles. The monoisotopic (exact) mass is 225 g/mol. The number of carbonyl (C=O) groups excluding carboxylic acids is 2. The highest BCUT2D eigenvalue weighted by Crippen LogP contribution is 2.28. The Hall–Kier alpha value is -1.10. The molecule has 0 spiro atoms. The highest BCUT2D eigenvalue weighted by molar-refractivity contribution is 6.06. The van der Waals surface area contributed by atoms with Crippen molar-refractivity contribution in [3.8, 4) is 0 Å². The Labute approximate surface area is 95.8 Å². The second-order valence-electron chi connectivity index (χ2n) is 5.11. The molecule has 0 radical (unpaired) electrons. The molecule has 2 aliphatic rings. The second kappa shape index (κ2) is 3.73. The van der Waals surface area contributed by atoms with Crippen LogP contribution in [0.25, 0.3) is 0 Å². The minimum Gasteiger partial charge on any atom is -0.323 e. The number of likely N-dealkylation sites (N-methyl/N-ethyl adjacent to an activating group) is 1. The average Bonchev–Trinajstić information content (AvgIpc) is 2.68. The first kappa shape index (κ1) is 11.4. The molecule has 0 aliphatic carbocycles. The number of imide groups is 1. The van der Waals surface area contributed by atoms with Gasteiger partial charge in [0, 0.05) is 13.1 Å². The number of rotatable bonds is 2. The molecule has 0 aromatic heterocycles. The zero-order valence-corrected chi connectivity index (χ0v) is 10.1. The highest BCUT2D eigenvalue weighted by atomic mass is 16.2. The van der Waals surface area contributed by atoms with Crippen LogP contribution in [-0.2, 0) is 4.79 Å². The van der Waals surface area contributed by atoms with E-state index in [0.717, 1.165) is 13.0 Å². The zero-order chi connectivity index (χ0) is 11.9. The van der Waals surface area contributed by atoms with Gasteiger partial charge in [-0.05, 0) is 39.8 Å². The van der Waals surface area contributed by atoms with E-state index in [0.29, 0.717) is 12.5 Å². The van der Waals surface area contributed by atoms with E-state index in [1.165, 1.54) is 18.4 Å². The van der Waals surface area contributed by atoms with Crippen molar-refractivity contribution in [2.45, 2.75) is 37.8 Å². The molecule has 2 atom stereocenters. The minimum absolute atomic E-state index is 0.113. The fraction of sp³-hybridized carbons (Fsp3) is 0.818. The Bertz CT molecular complexity index is 331. The maximum Gasteiger partial charge on any atom is 0.324 e. The summed E-state index contributed by atoms with van der Waals surface area (Å²) in [6.07, 6.45) is 2.99. The van der Waals surface area contributed by atoms with E-state index < -0.39 is 5.54 Å². The quantitative estimate of drug-likeness (QED) is 0.693. The first-order valence-electron chi connectivity index (χ1n) is 5.74. The first-order valence-corrected chi connectivity index (χ1v) is 5.74. The number of amides is 3. The Morgan fingerprint density at radius 3 is 2.56 bits per heavy atom. The molecule has 0 bridgehead atoms. The van der Waals surface area contributed by atoms with E-state index in [-0.39, 0.29) is 11.9 Å². The lowest BCUT2D eigenvalue weighted by Crippen LogP contribution is -2.48. The summed E-state index contributed by atoms with van der Waals surface area (Å²) >= 11 is 0. The number of likely N-dealkylation sites (tertiary alicyclic amines) is 1. The lowest BCUT2D eigenvalue weighted by atomic mass is 9.92. The van der Waals surface area contributed by atoms with Crippen LogP contribution in [-0.4, -0.2) is 54.0 Å². The van der Waals surface area contributed by atoms with Gasteiger partial charge in [-0.1, -0.05) is 0 Å². The van der Waals surface area contributed by atoms with Gasteiger partial charge in [0.05, 0.1) is 0 Å². The number of nitrogens with zero attached hydrogens (tertiary/aromatic N) is 2. The third-order valence-electron chi connectivity index (χ3n) is 3.78. The highest BCUT2D eigenvalue weighted by Gasteiger charge is 2.47. The molecule has 0 aromatic rings. The summed E-state index contributed by atoms with van der Waals surface area (Å²) in [6, 6.07) is 0.119. The van der Waals surface area contributed by atoms with Crippen molar-refractivity contribution in [2.24, 2.45) is 0 Å². The van der Waals surface area contributed by atoms with Gasteiger partial charge in [0.15, 0.2) is 0 Å². The van der Waals surface area contributed by atoms with Gasteiger partial charge >= 0.3 is 6.03 Å². The van der Waals surface area contributed by atoms with Crippen LogP contribution in [0.4, 0.5) is 4.79 Å². The molecule has 5 nitrogen and oxygen atoms in total. The van der Waals surface area contributed by atoms with Gasteiger partial charge in [-0.2, -0.15) is 0 Å². The van der Waals surface area contributed by atoms with Crippen molar-refractivity contribution in [3.63, 3.8) is 0 Å². The number of hydrogen-bond donors (Lipinski definition) is 1. The van der Waals surface area contributed by atoms with Gasteiger partial charge in [-0.3, -0.25) is 9.69 Å². The zero-order valence-electron chi connectivity index (χ0n) is 10.1. The largest absolute Gasteiger partial charge is 0.324 e. The van der Waals surface area contributed by atoms with E-state index in [1.54, 1.807) is 0 Å². The van der Waals surface area contributed by atoms with Crippen LogP contribution in [0, 0.1) is 0 Å². The SMILES string of the molecule is CN1C(=O)NC(C)(C[C@@H]2CCCN2C)C1=O. The Morgan fingerprint density at radius 2 is 2.12 bits per heavy atom. The molecule has 2 heterocycles. The van der Waals surface area contributed by atoms with E-state index in [2.05, 4.69) is 17.3 Å². The molecule has 2 rings (SSSR count). The van der Waals surface area contributed by atoms with E-state index >= 15 is 0 Å². The lowest BCUT2D eigenvalue weighted by Gasteiger charge is -2.28. The molecule has 90 valence electrons. The molecule has 2 saturated heterocycles. The smallest absolute Gasteiger partial charge is 0.323 e. The van der Waals surface area contributed by atoms with Crippen LogP contribution in [0.1, 0.15) is 26.2 Å². The molecule has 5 heteroatoms. The van der Waals surface area contributed by atoms with Gasteiger partial charge in [0.1, 0.15) is 5.54 Å². The van der Waals surface area contributed by atoms with Gasteiger partial charge in [-0.25, -0.2) is 4.79 Å². The molecule has 3 amide bonds. The van der Waals surface area contributed by atoms with Crippen LogP contribution in [0.2, 0.25) is 0 Å². The summed E-state index contributed by atoms with van der Waals surface area (Å²) in [4.78, 5) is 26.8. The second-order valence-corrected chi connectivity index (χ2v) is 5.11. The van der Waals surface area contributed by atoms with E-state index in [1.807, 2.05) is 6.92 Å². The van der Waals surface area contributed by atoms with Crippen molar-refractivity contribution >= 4 is 11.9 Å². The van der Waals surface area contributed by atoms with E-state index in [4.69, 9.17) is 0 Å². The topological polar surface area (TPSA) is 52.7 Å². The summed E-state index contributed by atoms with van der Waals surface area (Å²) < 4.78 is 0. The van der Waals surface area contributed by atoms with Crippen LogP contribution in [0.3, 0.4) is 0 Å². The van der Waals surface area contributed by atoms with Crippen molar-refractivity contribution in [2.75, 3.05) is 20.6 Å². The molecular weight excluding hydrogens is 206 g/mol. The fourth-order valence-electron chi connectivity index (χ4n) is 2.68. The van der Waals surface area contributed by atoms with Crippen molar-refractivity contribution in [3.05, 3.63) is 0 Å². The third-order valence-corrected chi connectivity index (χ3v) is 3.78. The van der Waals surface area contributed by atoms with Gasteiger partial charge in [-0.15, -0.1) is 0 Å². The van der Waals surface area contributed by atoms with Crippen LogP contribution < -0.4 is 5.32 Å². The summed E-state index contributed by atoms with van der Waals surface area (Å²) in [7, 11) is 3.60. The first-order chi connectivity index (χ1) is 7.44. The summed E-state index contributed by atoms with van der Waals surface area (Å²) in [6.45, 7) is 2.90. The molecule has 0 saturated carbocycles. The van der Waals surface area contributed by atoms with Gasteiger partial charge in [0.25, 0.3) is 5.91 Å². The van der Waals surface area contributed by atoms with Crippen LogP contribution >= 0.6 is 0 Å². The predicted octanol–water partition coefficient (Wildman–Crippen LogP) is 0.411. The Kier molecular flexibility index (Phi) is 2.66. The fourth-order valence-corrected chi connectivity index (χ4v) is 2.68. The maximum absolute atomic E-state index is 12.0. The Morgan fingerprint density at radius 1 is 1.44 bits per heavy atom. The van der Waals surface area contributed by atoms with Crippen molar-refractivity contribution in [1.29, 1.82) is 0 Å². The molecule has 16 heavy (non-hydrogen) atoms. The average molecular weight is 225 g/mol. The number of hydrogen-bond acceptors (Lipinski definition) is 3. The van der Waals surface area contributed by atoms with Crippen LogP contribution in [0.15, 0.2) is 0 Å². The molecular formula is C11H19N3O2.